The van der Waals surface area contributed by atoms with Crippen LogP contribution < -0.4 is 5.32 Å². The fourth-order valence-corrected chi connectivity index (χ4v) is 4.26. The van der Waals surface area contributed by atoms with E-state index in [4.69, 9.17) is 0 Å². The summed E-state index contributed by atoms with van der Waals surface area (Å²) >= 11 is 0. The lowest BCUT2D eigenvalue weighted by atomic mass is 9.79. The minimum Gasteiger partial charge on any atom is -0.352 e. The maximum absolute atomic E-state index is 13.0. The van der Waals surface area contributed by atoms with E-state index >= 15 is 0 Å². The number of aromatic amines is 1. The first-order valence-electron chi connectivity index (χ1n) is 9.88. The first-order valence-corrected chi connectivity index (χ1v) is 9.88. The number of hydrogen-bond donors (Lipinski definition) is 2. The first kappa shape index (κ1) is 17.8. The van der Waals surface area contributed by atoms with Gasteiger partial charge in [-0.15, -0.1) is 5.10 Å². The van der Waals surface area contributed by atoms with Gasteiger partial charge in [0.2, 0.25) is 5.91 Å². The van der Waals surface area contributed by atoms with Crippen LogP contribution in [0.1, 0.15) is 42.9 Å². The largest absolute Gasteiger partial charge is 0.352 e. The lowest BCUT2D eigenvalue weighted by Gasteiger charge is -2.26. The molecule has 0 bridgehead atoms. The number of hydrogen-bond acceptors (Lipinski definition) is 4. The molecule has 1 fully saturated rings. The Morgan fingerprint density at radius 2 is 1.97 bits per heavy atom. The number of rotatable bonds is 4. The van der Waals surface area contributed by atoms with Gasteiger partial charge >= 0.3 is 0 Å². The molecule has 0 spiro atoms. The molecule has 0 radical (unpaired) electrons. The van der Waals surface area contributed by atoms with Crippen LogP contribution in [0.2, 0.25) is 0 Å². The van der Waals surface area contributed by atoms with Gasteiger partial charge in [0.05, 0.1) is 5.69 Å². The van der Waals surface area contributed by atoms with E-state index in [1.54, 1.807) is 23.0 Å². The molecule has 1 aliphatic rings. The molecule has 148 valence electrons. The Bertz CT molecular complexity index is 1160. The van der Waals surface area contributed by atoms with Crippen molar-refractivity contribution in [2.24, 2.45) is 5.92 Å². The van der Waals surface area contributed by atoms with Crippen LogP contribution in [0.25, 0.3) is 16.6 Å². The third-order valence-electron chi connectivity index (χ3n) is 5.86. The summed E-state index contributed by atoms with van der Waals surface area (Å²) < 4.78 is 14.7. The molecular formula is C21H21FN6O. The smallest absolute Gasteiger partial charge is 0.223 e. The molecule has 0 atom stereocenters. The second-order valence-electron chi connectivity index (χ2n) is 7.65. The molecule has 0 saturated heterocycles. The fraction of sp³-hybridized carbons (Fsp3) is 0.333. The van der Waals surface area contributed by atoms with Crippen molar-refractivity contribution in [2.75, 3.05) is 0 Å². The summed E-state index contributed by atoms with van der Waals surface area (Å²) in [5.74, 6) is 0.0850. The van der Waals surface area contributed by atoms with Crippen LogP contribution in [0, 0.1) is 11.7 Å². The van der Waals surface area contributed by atoms with Crippen LogP contribution in [0.15, 0.2) is 42.9 Å². The molecule has 4 aromatic rings. The van der Waals surface area contributed by atoms with Crippen LogP contribution in [-0.2, 0) is 11.3 Å². The first-order chi connectivity index (χ1) is 14.2. The van der Waals surface area contributed by atoms with Crippen molar-refractivity contribution in [2.45, 2.75) is 38.1 Å². The highest BCUT2D eigenvalue weighted by Crippen LogP contribution is 2.37. The summed E-state index contributed by atoms with van der Waals surface area (Å²) in [5.41, 5.74) is 3.71. The summed E-state index contributed by atoms with van der Waals surface area (Å²) in [6.07, 6.45) is 6.99. The van der Waals surface area contributed by atoms with Gasteiger partial charge in [0.15, 0.2) is 0 Å². The van der Waals surface area contributed by atoms with Gasteiger partial charge in [-0.1, -0.05) is 17.3 Å². The van der Waals surface area contributed by atoms with Gasteiger partial charge in [0.25, 0.3) is 0 Å². The summed E-state index contributed by atoms with van der Waals surface area (Å²) in [5, 5.41) is 12.7. The van der Waals surface area contributed by atoms with Crippen LogP contribution in [0.4, 0.5) is 4.39 Å². The zero-order valence-corrected chi connectivity index (χ0v) is 15.8. The Kier molecular flexibility index (Phi) is 4.46. The van der Waals surface area contributed by atoms with E-state index < -0.39 is 0 Å². The van der Waals surface area contributed by atoms with Crippen LogP contribution in [0.3, 0.4) is 0 Å². The van der Waals surface area contributed by atoms with Crippen LogP contribution >= 0.6 is 0 Å². The molecule has 29 heavy (non-hydrogen) atoms. The monoisotopic (exact) mass is 392 g/mol. The number of carbonyl (C=O) groups is 1. The predicted molar refractivity (Wildman–Crippen MR) is 106 cm³/mol. The van der Waals surface area contributed by atoms with E-state index in [0.29, 0.717) is 6.54 Å². The summed E-state index contributed by atoms with van der Waals surface area (Å²) in [7, 11) is 0. The number of nitrogens with one attached hydrogen (secondary N) is 2. The average molecular weight is 392 g/mol. The molecule has 5 rings (SSSR count). The number of amides is 1. The normalized spacial score (nSPS) is 19.6. The van der Waals surface area contributed by atoms with E-state index in [1.807, 2.05) is 12.3 Å². The highest BCUT2D eigenvalue weighted by atomic mass is 19.1. The quantitative estimate of drug-likeness (QED) is 0.558. The molecule has 0 aliphatic heterocycles. The third kappa shape index (κ3) is 3.35. The summed E-state index contributed by atoms with van der Waals surface area (Å²) in [4.78, 5) is 20.0. The second-order valence-corrected chi connectivity index (χ2v) is 7.65. The molecule has 1 saturated carbocycles. The Morgan fingerprint density at radius 3 is 2.76 bits per heavy atom. The Labute approximate surface area is 166 Å². The van der Waals surface area contributed by atoms with Gasteiger partial charge in [-0.25, -0.2) is 13.9 Å². The van der Waals surface area contributed by atoms with Gasteiger partial charge < -0.3 is 10.3 Å². The second kappa shape index (κ2) is 7.27. The standard InChI is InChI=1S/C21H21FN6O/c22-16-7-1-13(2-8-16)11-24-21(29)15-5-3-14(4-6-15)18-19-17-9-10-23-20(17)25-12-28(19)27-26-18/h1-2,7-10,12,14-15,23H,3-6,11H2,(H,24,29). The van der Waals surface area contributed by atoms with Crippen molar-refractivity contribution in [1.82, 2.24) is 30.1 Å². The Balaban J connectivity index is 1.25. The molecular weight excluding hydrogens is 371 g/mol. The SMILES string of the molecule is O=C(NCc1ccc(F)cc1)C1CCC(c2nnn3cnc4[nH]ccc4c23)CC1. The Hall–Kier alpha value is -3.29. The van der Waals surface area contributed by atoms with Gasteiger partial charge in [-0.3, -0.25) is 4.79 Å². The van der Waals surface area contributed by atoms with Crippen LogP contribution in [-0.4, -0.2) is 30.7 Å². The number of halogens is 1. The predicted octanol–water partition coefficient (Wildman–Crippen LogP) is 3.33. The van der Waals surface area contributed by atoms with Crippen molar-refractivity contribution < 1.29 is 9.18 Å². The zero-order chi connectivity index (χ0) is 19.8. The summed E-state index contributed by atoms with van der Waals surface area (Å²) in [6, 6.07) is 8.21. The average Bonchev–Trinajstić information content (AvgIpc) is 3.39. The number of H-pyrrole nitrogens is 1. The number of benzene rings is 1. The number of fused-ring (bicyclic) bond motifs is 3. The summed E-state index contributed by atoms with van der Waals surface area (Å²) in [6.45, 7) is 0.424. The maximum Gasteiger partial charge on any atom is 0.223 e. The van der Waals surface area contributed by atoms with E-state index in [2.05, 4.69) is 25.6 Å². The topological polar surface area (TPSA) is 88.0 Å². The molecule has 2 N–H and O–H groups in total. The van der Waals surface area contributed by atoms with Gasteiger partial charge in [-0.2, -0.15) is 0 Å². The van der Waals surface area contributed by atoms with E-state index in [-0.39, 0.29) is 23.6 Å². The lowest BCUT2D eigenvalue weighted by molar-refractivity contribution is -0.126. The highest BCUT2D eigenvalue weighted by molar-refractivity contribution is 5.92. The molecule has 0 unspecified atom stereocenters. The maximum atomic E-state index is 13.0. The van der Waals surface area contributed by atoms with Crippen molar-refractivity contribution in [3.05, 3.63) is 59.9 Å². The van der Waals surface area contributed by atoms with Crippen molar-refractivity contribution in [3.8, 4) is 0 Å². The van der Waals surface area contributed by atoms with Gasteiger partial charge in [-0.05, 0) is 49.4 Å². The Morgan fingerprint density at radius 1 is 1.17 bits per heavy atom. The minimum atomic E-state index is -0.271. The molecule has 8 heteroatoms. The molecule has 3 aromatic heterocycles. The third-order valence-corrected chi connectivity index (χ3v) is 5.86. The molecule has 1 amide bonds. The number of carbonyl (C=O) groups excluding carboxylic acids is 1. The van der Waals surface area contributed by atoms with E-state index in [1.165, 1.54) is 12.1 Å². The van der Waals surface area contributed by atoms with Crippen molar-refractivity contribution in [3.63, 3.8) is 0 Å². The lowest BCUT2D eigenvalue weighted by Crippen LogP contribution is -2.32. The number of aromatic nitrogens is 5. The molecule has 3 heterocycles. The van der Waals surface area contributed by atoms with E-state index in [9.17, 15) is 9.18 Å². The zero-order valence-electron chi connectivity index (χ0n) is 15.8. The minimum absolute atomic E-state index is 0.00230. The van der Waals surface area contributed by atoms with E-state index in [0.717, 1.165) is 53.5 Å². The fourth-order valence-electron chi connectivity index (χ4n) is 4.26. The number of nitrogens with zero attached hydrogens (tertiary/aromatic N) is 4. The molecule has 1 aliphatic carbocycles. The van der Waals surface area contributed by atoms with Crippen molar-refractivity contribution >= 4 is 22.5 Å². The van der Waals surface area contributed by atoms with Crippen molar-refractivity contribution in [1.29, 1.82) is 0 Å². The van der Waals surface area contributed by atoms with Crippen LogP contribution in [0.5, 0.6) is 0 Å². The molecule has 7 nitrogen and oxygen atoms in total. The molecule has 1 aromatic carbocycles. The highest BCUT2D eigenvalue weighted by Gasteiger charge is 2.30. The van der Waals surface area contributed by atoms with Gasteiger partial charge in [0, 0.05) is 30.0 Å². The van der Waals surface area contributed by atoms with Gasteiger partial charge in [0.1, 0.15) is 23.3 Å².